The summed E-state index contributed by atoms with van der Waals surface area (Å²) in [5.74, 6) is -11.6. The average Bonchev–Trinajstić information content (AvgIpc) is 2.41. The SMILES string of the molecule is CC1C(C(C)(O)C(F)(F)F)C(C)C(C(C)(O)C(F)(F)F)C(C)C1C(C)(O)C(F)(F)F. The van der Waals surface area contributed by atoms with E-state index in [1.54, 1.807) is 0 Å². The molecular weight excluding hydrogens is 435 g/mol. The van der Waals surface area contributed by atoms with E-state index in [4.69, 9.17) is 0 Å². The molecule has 0 amide bonds. The summed E-state index contributed by atoms with van der Waals surface area (Å²) in [4.78, 5) is 0. The first-order valence-electron chi connectivity index (χ1n) is 9.22. The van der Waals surface area contributed by atoms with E-state index < -0.39 is 70.8 Å². The van der Waals surface area contributed by atoms with Crippen LogP contribution in [-0.2, 0) is 0 Å². The van der Waals surface area contributed by atoms with Crippen LogP contribution in [0.2, 0.25) is 0 Å². The first-order chi connectivity index (χ1) is 12.8. The van der Waals surface area contributed by atoms with Gasteiger partial charge in [0.05, 0.1) is 0 Å². The van der Waals surface area contributed by atoms with Gasteiger partial charge in [0, 0.05) is 17.8 Å². The Labute approximate surface area is 168 Å². The molecule has 3 N–H and O–H groups in total. The maximum absolute atomic E-state index is 13.6. The average molecular weight is 462 g/mol. The second-order valence-corrected chi connectivity index (χ2v) is 9.09. The molecule has 30 heavy (non-hydrogen) atoms. The molecule has 0 heterocycles. The Bertz CT molecular complexity index is 522. The molecular formula is C18H27F9O3. The van der Waals surface area contributed by atoms with Crippen molar-refractivity contribution >= 4 is 0 Å². The number of alkyl halides is 9. The summed E-state index contributed by atoms with van der Waals surface area (Å²) in [5.41, 5.74) is -11.0. The van der Waals surface area contributed by atoms with Crippen LogP contribution in [0.1, 0.15) is 41.5 Å². The third-order valence-corrected chi connectivity index (χ3v) is 7.07. The normalized spacial score (nSPS) is 37.8. The van der Waals surface area contributed by atoms with Crippen molar-refractivity contribution in [1.29, 1.82) is 0 Å². The minimum Gasteiger partial charge on any atom is -0.380 e. The molecule has 0 aromatic heterocycles. The van der Waals surface area contributed by atoms with Crippen molar-refractivity contribution in [2.45, 2.75) is 76.9 Å². The third kappa shape index (κ3) is 4.03. The molecule has 1 fully saturated rings. The van der Waals surface area contributed by atoms with Crippen LogP contribution in [0.4, 0.5) is 39.5 Å². The van der Waals surface area contributed by atoms with Crippen molar-refractivity contribution in [3.8, 4) is 0 Å². The number of halogens is 9. The highest BCUT2D eigenvalue weighted by atomic mass is 19.4. The van der Waals surface area contributed by atoms with Crippen molar-refractivity contribution in [2.75, 3.05) is 0 Å². The van der Waals surface area contributed by atoms with Crippen LogP contribution in [0.5, 0.6) is 0 Å². The maximum atomic E-state index is 13.6. The fourth-order valence-electron chi connectivity index (χ4n) is 5.74. The number of aliphatic hydroxyl groups is 3. The van der Waals surface area contributed by atoms with Crippen LogP contribution in [0, 0.1) is 35.5 Å². The van der Waals surface area contributed by atoms with E-state index in [0.29, 0.717) is 0 Å². The molecule has 3 unspecified atom stereocenters. The van der Waals surface area contributed by atoms with Gasteiger partial charge >= 0.3 is 18.5 Å². The molecule has 12 heteroatoms. The molecule has 0 radical (unpaired) electrons. The van der Waals surface area contributed by atoms with Crippen molar-refractivity contribution in [1.82, 2.24) is 0 Å². The Morgan fingerprint density at radius 2 is 0.567 bits per heavy atom. The molecule has 0 aromatic carbocycles. The van der Waals surface area contributed by atoms with Crippen LogP contribution in [0.25, 0.3) is 0 Å². The number of hydrogen-bond acceptors (Lipinski definition) is 3. The highest BCUT2D eigenvalue weighted by Gasteiger charge is 2.71. The fraction of sp³-hybridized carbons (Fsp3) is 1.00. The largest absolute Gasteiger partial charge is 0.417 e. The molecule has 1 aliphatic rings. The predicted molar refractivity (Wildman–Crippen MR) is 88.0 cm³/mol. The van der Waals surface area contributed by atoms with Gasteiger partial charge in [0.2, 0.25) is 0 Å². The lowest BCUT2D eigenvalue weighted by Gasteiger charge is -2.59. The highest BCUT2D eigenvalue weighted by molar-refractivity contribution is 5.11. The minimum atomic E-state index is -5.38. The summed E-state index contributed by atoms with van der Waals surface area (Å²) in [6.45, 7) is 3.63. The van der Waals surface area contributed by atoms with E-state index in [0.717, 1.165) is 20.8 Å². The lowest BCUT2D eigenvalue weighted by Crippen LogP contribution is -2.68. The van der Waals surface area contributed by atoms with Gasteiger partial charge in [0.1, 0.15) is 0 Å². The van der Waals surface area contributed by atoms with E-state index in [9.17, 15) is 54.8 Å². The summed E-state index contributed by atoms with van der Waals surface area (Å²) in [5, 5.41) is 30.7. The van der Waals surface area contributed by atoms with Gasteiger partial charge in [-0.05, 0) is 38.5 Å². The van der Waals surface area contributed by atoms with Gasteiger partial charge < -0.3 is 15.3 Å². The lowest BCUT2D eigenvalue weighted by molar-refractivity contribution is -0.344. The minimum absolute atomic E-state index is 0.277. The lowest BCUT2D eigenvalue weighted by atomic mass is 9.48. The zero-order chi connectivity index (χ0) is 24.5. The van der Waals surface area contributed by atoms with Crippen molar-refractivity contribution < 1.29 is 54.8 Å². The second kappa shape index (κ2) is 7.40. The molecule has 0 saturated heterocycles. The van der Waals surface area contributed by atoms with Crippen molar-refractivity contribution in [3.05, 3.63) is 0 Å². The van der Waals surface area contributed by atoms with Crippen LogP contribution in [0.3, 0.4) is 0 Å². The van der Waals surface area contributed by atoms with Crippen LogP contribution in [0.15, 0.2) is 0 Å². The molecule has 1 aliphatic carbocycles. The Kier molecular flexibility index (Phi) is 6.73. The Morgan fingerprint density at radius 3 is 0.667 bits per heavy atom. The Hall–Kier alpha value is -0.750. The molecule has 3 nitrogen and oxygen atoms in total. The van der Waals surface area contributed by atoms with Gasteiger partial charge in [0.15, 0.2) is 16.8 Å². The van der Waals surface area contributed by atoms with Crippen molar-refractivity contribution in [2.24, 2.45) is 35.5 Å². The van der Waals surface area contributed by atoms with Crippen LogP contribution < -0.4 is 0 Å². The first kappa shape index (κ1) is 27.3. The summed E-state index contributed by atoms with van der Waals surface area (Å²) in [6.07, 6.45) is -16.2. The van der Waals surface area contributed by atoms with Gasteiger partial charge in [-0.15, -0.1) is 0 Å². The maximum Gasteiger partial charge on any atom is 0.417 e. The molecule has 0 bridgehead atoms. The van der Waals surface area contributed by atoms with Crippen molar-refractivity contribution in [3.63, 3.8) is 0 Å². The zero-order valence-electron chi connectivity index (χ0n) is 17.2. The van der Waals surface area contributed by atoms with E-state index >= 15 is 0 Å². The summed E-state index contributed by atoms with van der Waals surface area (Å²) in [7, 11) is 0. The molecule has 0 spiro atoms. The van der Waals surface area contributed by atoms with E-state index in [2.05, 4.69) is 0 Å². The molecule has 1 saturated carbocycles. The molecule has 180 valence electrons. The number of hydrogen-bond donors (Lipinski definition) is 3. The van der Waals surface area contributed by atoms with Gasteiger partial charge in [-0.25, -0.2) is 0 Å². The standard InChI is InChI=1S/C18H27F9O3/c1-7-10(13(4,28)16(19,20)21)8(2)12(15(6,30)18(25,26)27)9(3)11(7)14(5,29)17(22,23)24/h7-12,28-30H,1-6H3. The van der Waals surface area contributed by atoms with E-state index in [1.165, 1.54) is 0 Å². The quantitative estimate of drug-likeness (QED) is 0.533. The fourth-order valence-corrected chi connectivity index (χ4v) is 5.74. The zero-order valence-corrected chi connectivity index (χ0v) is 17.2. The second-order valence-electron chi connectivity index (χ2n) is 9.09. The summed E-state index contributed by atoms with van der Waals surface area (Å²) in [6, 6.07) is 0. The molecule has 3 atom stereocenters. The van der Waals surface area contributed by atoms with Crippen LogP contribution >= 0.6 is 0 Å². The monoisotopic (exact) mass is 462 g/mol. The van der Waals surface area contributed by atoms with E-state index in [1.807, 2.05) is 0 Å². The summed E-state index contributed by atoms with van der Waals surface area (Å²) < 4.78 is 122. The number of rotatable bonds is 3. The molecule has 1 rings (SSSR count). The molecule has 0 aromatic rings. The third-order valence-electron chi connectivity index (χ3n) is 7.07. The predicted octanol–water partition coefficient (Wildman–Crippen LogP) is 4.70. The van der Waals surface area contributed by atoms with Gasteiger partial charge in [0.25, 0.3) is 0 Å². The highest BCUT2D eigenvalue weighted by Crippen LogP contribution is 2.61. The topological polar surface area (TPSA) is 60.7 Å². The van der Waals surface area contributed by atoms with Gasteiger partial charge in [-0.3, -0.25) is 0 Å². The van der Waals surface area contributed by atoms with Gasteiger partial charge in [-0.2, -0.15) is 39.5 Å². The first-order valence-corrected chi connectivity index (χ1v) is 9.22. The van der Waals surface area contributed by atoms with E-state index in [-0.39, 0.29) is 20.8 Å². The molecule has 0 aliphatic heterocycles. The summed E-state index contributed by atoms with van der Waals surface area (Å²) >= 11 is 0. The Balaban J connectivity index is 3.83. The smallest absolute Gasteiger partial charge is 0.380 e. The van der Waals surface area contributed by atoms with Crippen LogP contribution in [-0.4, -0.2) is 50.7 Å². The van der Waals surface area contributed by atoms with Gasteiger partial charge in [-0.1, -0.05) is 20.8 Å². The Morgan fingerprint density at radius 1 is 0.433 bits per heavy atom.